The zero-order valence-corrected chi connectivity index (χ0v) is 17.9. The first-order valence-corrected chi connectivity index (χ1v) is 9.03. The molecule has 2 atom stereocenters. The van der Waals surface area contributed by atoms with Gasteiger partial charge < -0.3 is 10.6 Å². The minimum absolute atomic E-state index is 0. The van der Waals surface area contributed by atoms with E-state index in [1.807, 2.05) is 0 Å². The van der Waals surface area contributed by atoms with Crippen LogP contribution in [0.4, 0.5) is 0 Å². The Hall–Kier alpha value is -0.790. The van der Waals surface area contributed by atoms with Gasteiger partial charge in [0.15, 0.2) is 5.96 Å². The molecular weight excluding hydrogens is 413 g/mol. The molecule has 2 N–H and O–H groups in total. The topological polar surface area (TPSA) is 54.2 Å². The molecule has 2 aliphatic rings. The lowest BCUT2D eigenvalue weighted by molar-refractivity contribution is 0.496. The molecule has 0 spiro atoms. The van der Waals surface area contributed by atoms with Crippen molar-refractivity contribution >= 4 is 29.9 Å². The van der Waals surface area contributed by atoms with E-state index in [2.05, 4.69) is 61.1 Å². The number of nitrogens with zero attached hydrogens (tertiary/aromatic N) is 3. The Morgan fingerprint density at radius 2 is 2.12 bits per heavy atom. The molecule has 1 fully saturated rings. The number of rotatable bonds is 4. The summed E-state index contributed by atoms with van der Waals surface area (Å²) in [6.45, 7) is 11.9. The van der Waals surface area contributed by atoms with Crippen molar-refractivity contribution in [3.05, 3.63) is 17.5 Å². The molecule has 1 heterocycles. The second kappa shape index (κ2) is 7.62. The van der Waals surface area contributed by atoms with Crippen molar-refractivity contribution in [2.75, 3.05) is 6.54 Å². The number of guanidine groups is 1. The summed E-state index contributed by atoms with van der Waals surface area (Å²) < 4.78 is 2.10. The Kier molecular flexibility index (Phi) is 6.20. The van der Waals surface area contributed by atoms with Gasteiger partial charge >= 0.3 is 0 Å². The maximum absolute atomic E-state index is 4.77. The molecule has 2 unspecified atom stereocenters. The quantitative estimate of drug-likeness (QED) is 0.425. The Morgan fingerprint density at radius 3 is 2.71 bits per heavy atom. The number of halogens is 1. The van der Waals surface area contributed by atoms with Gasteiger partial charge in [-0.2, -0.15) is 5.10 Å². The second-order valence-corrected chi connectivity index (χ2v) is 7.97. The van der Waals surface area contributed by atoms with Crippen LogP contribution in [0, 0.1) is 5.41 Å². The lowest BCUT2D eigenvalue weighted by Gasteiger charge is -2.25. The van der Waals surface area contributed by atoms with Crippen LogP contribution in [0.2, 0.25) is 0 Å². The predicted molar refractivity (Wildman–Crippen MR) is 110 cm³/mol. The fraction of sp³-hybridized carbons (Fsp3) is 0.778. The fourth-order valence-electron chi connectivity index (χ4n) is 3.26. The van der Waals surface area contributed by atoms with Crippen molar-refractivity contribution in [1.82, 2.24) is 20.4 Å². The molecule has 0 saturated heterocycles. The van der Waals surface area contributed by atoms with E-state index in [-0.39, 0.29) is 24.0 Å². The van der Waals surface area contributed by atoms with Crippen LogP contribution in [0.15, 0.2) is 11.2 Å². The maximum atomic E-state index is 4.77. The number of hydrogen-bond acceptors (Lipinski definition) is 2. The van der Waals surface area contributed by atoms with Crippen LogP contribution in [-0.2, 0) is 12.8 Å². The average molecular weight is 445 g/mol. The third-order valence-corrected chi connectivity index (χ3v) is 5.11. The van der Waals surface area contributed by atoms with Gasteiger partial charge in [0.25, 0.3) is 0 Å². The SMILES string of the molecule is CCN=C(NC1CCc2cn(C(C)C)nc2C1)NC1CC1(C)C.I. The number of hydrogen-bond donors (Lipinski definition) is 2. The van der Waals surface area contributed by atoms with Gasteiger partial charge in [0.2, 0.25) is 0 Å². The van der Waals surface area contributed by atoms with Gasteiger partial charge in [-0.15, -0.1) is 24.0 Å². The lowest BCUT2D eigenvalue weighted by Crippen LogP contribution is -2.47. The molecule has 2 aliphatic carbocycles. The monoisotopic (exact) mass is 445 g/mol. The molecule has 1 saturated carbocycles. The van der Waals surface area contributed by atoms with E-state index in [4.69, 9.17) is 5.10 Å². The fourth-order valence-corrected chi connectivity index (χ4v) is 3.26. The molecule has 1 aromatic rings. The molecule has 136 valence electrons. The zero-order valence-electron chi connectivity index (χ0n) is 15.6. The van der Waals surface area contributed by atoms with Gasteiger partial charge in [0.1, 0.15) is 0 Å². The highest BCUT2D eigenvalue weighted by atomic mass is 127. The standard InChI is InChI=1S/C18H31N5.HI/c1-6-19-17(21-16-10-18(16,4)5)20-14-8-7-13-11-23(12(2)3)22-15(13)9-14;/h11-12,14,16H,6-10H2,1-5H3,(H2,19,20,21);1H. The molecular formula is C18H32IN5. The summed E-state index contributed by atoms with van der Waals surface area (Å²) in [5.74, 6) is 0.972. The van der Waals surface area contributed by atoms with E-state index in [0.717, 1.165) is 31.8 Å². The van der Waals surface area contributed by atoms with E-state index in [1.165, 1.54) is 17.7 Å². The van der Waals surface area contributed by atoms with E-state index < -0.39 is 0 Å². The molecule has 0 bridgehead atoms. The first kappa shape index (κ1) is 19.5. The van der Waals surface area contributed by atoms with Gasteiger partial charge in [-0.1, -0.05) is 13.8 Å². The molecule has 0 aromatic carbocycles. The van der Waals surface area contributed by atoms with Crippen molar-refractivity contribution in [1.29, 1.82) is 0 Å². The summed E-state index contributed by atoms with van der Waals surface area (Å²) in [5.41, 5.74) is 3.08. The second-order valence-electron chi connectivity index (χ2n) is 7.97. The number of aromatic nitrogens is 2. The number of aliphatic imine (C=N–C) groups is 1. The summed E-state index contributed by atoms with van der Waals surface area (Å²) in [5, 5.41) is 12.0. The van der Waals surface area contributed by atoms with Crippen LogP contribution in [0.25, 0.3) is 0 Å². The maximum Gasteiger partial charge on any atom is 0.191 e. The van der Waals surface area contributed by atoms with Gasteiger partial charge in [-0.3, -0.25) is 9.67 Å². The zero-order chi connectivity index (χ0) is 16.6. The highest BCUT2D eigenvalue weighted by Crippen LogP contribution is 2.44. The van der Waals surface area contributed by atoms with Crippen molar-refractivity contribution in [2.45, 2.75) is 78.4 Å². The molecule has 5 nitrogen and oxygen atoms in total. The molecule has 3 rings (SSSR count). The molecule has 24 heavy (non-hydrogen) atoms. The lowest BCUT2D eigenvalue weighted by atomic mass is 9.94. The highest BCUT2D eigenvalue weighted by Gasteiger charge is 2.46. The largest absolute Gasteiger partial charge is 0.353 e. The third-order valence-electron chi connectivity index (χ3n) is 5.11. The van der Waals surface area contributed by atoms with Gasteiger partial charge in [-0.05, 0) is 51.0 Å². The number of fused-ring (bicyclic) bond motifs is 1. The van der Waals surface area contributed by atoms with Crippen LogP contribution in [0.3, 0.4) is 0 Å². The van der Waals surface area contributed by atoms with E-state index in [1.54, 1.807) is 0 Å². The minimum atomic E-state index is 0. The first-order valence-electron chi connectivity index (χ1n) is 9.03. The smallest absolute Gasteiger partial charge is 0.191 e. The Balaban J connectivity index is 0.00000208. The predicted octanol–water partition coefficient (Wildman–Crippen LogP) is 3.29. The molecule has 6 heteroatoms. The van der Waals surface area contributed by atoms with E-state index in [0.29, 0.717) is 23.5 Å². The summed E-state index contributed by atoms with van der Waals surface area (Å²) in [6, 6.07) is 1.42. The molecule has 0 radical (unpaired) electrons. The summed E-state index contributed by atoms with van der Waals surface area (Å²) in [7, 11) is 0. The molecule has 0 amide bonds. The van der Waals surface area contributed by atoms with Crippen LogP contribution < -0.4 is 10.6 Å². The van der Waals surface area contributed by atoms with Gasteiger partial charge in [0, 0.05) is 37.3 Å². The minimum Gasteiger partial charge on any atom is -0.353 e. The average Bonchev–Trinajstić information content (AvgIpc) is 2.90. The van der Waals surface area contributed by atoms with E-state index >= 15 is 0 Å². The molecule has 1 aromatic heterocycles. The number of aryl methyl sites for hydroxylation is 1. The number of nitrogens with one attached hydrogen (secondary N) is 2. The first-order chi connectivity index (χ1) is 10.9. The summed E-state index contributed by atoms with van der Waals surface area (Å²) in [4.78, 5) is 4.62. The van der Waals surface area contributed by atoms with Crippen LogP contribution in [0.5, 0.6) is 0 Å². The van der Waals surface area contributed by atoms with Crippen LogP contribution >= 0.6 is 24.0 Å². The third kappa shape index (κ3) is 4.43. The van der Waals surface area contributed by atoms with Crippen molar-refractivity contribution in [2.24, 2.45) is 10.4 Å². The highest BCUT2D eigenvalue weighted by molar-refractivity contribution is 14.0. The van der Waals surface area contributed by atoms with Crippen molar-refractivity contribution in [3.63, 3.8) is 0 Å². The van der Waals surface area contributed by atoms with Crippen LogP contribution in [-0.4, -0.2) is 34.4 Å². The normalized spacial score (nSPS) is 25.0. The van der Waals surface area contributed by atoms with E-state index in [9.17, 15) is 0 Å². The van der Waals surface area contributed by atoms with Gasteiger partial charge in [-0.25, -0.2) is 0 Å². The summed E-state index contributed by atoms with van der Waals surface area (Å²) in [6.07, 6.45) is 6.70. The van der Waals surface area contributed by atoms with Gasteiger partial charge in [0.05, 0.1) is 5.69 Å². The molecule has 0 aliphatic heterocycles. The Bertz CT molecular complexity index is 590. The van der Waals surface area contributed by atoms with Crippen molar-refractivity contribution in [3.8, 4) is 0 Å². The van der Waals surface area contributed by atoms with Crippen molar-refractivity contribution < 1.29 is 0 Å². The Morgan fingerprint density at radius 1 is 1.42 bits per heavy atom. The van der Waals surface area contributed by atoms with Crippen LogP contribution in [0.1, 0.15) is 64.8 Å². The summed E-state index contributed by atoms with van der Waals surface area (Å²) >= 11 is 0. The Labute approximate surface area is 163 Å².